The van der Waals surface area contributed by atoms with E-state index in [9.17, 15) is 9.59 Å². The van der Waals surface area contributed by atoms with Crippen LogP contribution >= 0.6 is 11.6 Å². The number of urea groups is 1. The molecule has 0 radical (unpaired) electrons. The molecule has 3 rings (SSSR count). The highest BCUT2D eigenvalue weighted by Gasteiger charge is 2.18. The second-order valence-electron chi connectivity index (χ2n) is 6.81. The SMILES string of the molecule is CC(NC(=O)Nc1cccc(C(=O)N2CCCCC2)c1)c1ccc(Cl)cc1. The molecule has 0 aromatic heterocycles. The molecule has 1 aliphatic heterocycles. The molecule has 2 N–H and O–H groups in total. The van der Waals surface area contributed by atoms with Crippen LogP contribution < -0.4 is 10.6 Å². The van der Waals surface area contributed by atoms with Gasteiger partial charge in [-0.2, -0.15) is 0 Å². The van der Waals surface area contributed by atoms with Gasteiger partial charge in [0.05, 0.1) is 6.04 Å². The largest absolute Gasteiger partial charge is 0.339 e. The van der Waals surface area contributed by atoms with Crippen molar-refractivity contribution >= 4 is 29.2 Å². The van der Waals surface area contributed by atoms with Gasteiger partial charge in [-0.15, -0.1) is 0 Å². The van der Waals surface area contributed by atoms with E-state index in [1.54, 1.807) is 36.4 Å². The van der Waals surface area contributed by atoms with Gasteiger partial charge >= 0.3 is 6.03 Å². The number of amides is 3. The zero-order valence-electron chi connectivity index (χ0n) is 15.4. The molecule has 3 amide bonds. The van der Waals surface area contributed by atoms with E-state index >= 15 is 0 Å². The van der Waals surface area contributed by atoms with Gasteiger partial charge in [0, 0.05) is 29.4 Å². The molecule has 0 bridgehead atoms. The van der Waals surface area contributed by atoms with Crippen molar-refractivity contribution in [3.8, 4) is 0 Å². The topological polar surface area (TPSA) is 61.4 Å². The summed E-state index contributed by atoms with van der Waals surface area (Å²) in [5.74, 6) is 0.0216. The molecule has 1 heterocycles. The van der Waals surface area contributed by atoms with Crippen molar-refractivity contribution in [3.63, 3.8) is 0 Å². The first-order valence-corrected chi connectivity index (χ1v) is 9.63. The second kappa shape index (κ2) is 8.91. The smallest absolute Gasteiger partial charge is 0.319 e. The minimum absolute atomic E-state index is 0.0216. The lowest BCUT2D eigenvalue weighted by molar-refractivity contribution is 0.0724. The predicted molar refractivity (Wildman–Crippen MR) is 108 cm³/mol. The number of benzene rings is 2. The van der Waals surface area contributed by atoms with E-state index in [1.165, 1.54) is 6.42 Å². The van der Waals surface area contributed by atoms with Gasteiger partial charge in [-0.1, -0.05) is 29.8 Å². The van der Waals surface area contributed by atoms with E-state index in [1.807, 2.05) is 24.0 Å². The average Bonchev–Trinajstić information content (AvgIpc) is 2.68. The van der Waals surface area contributed by atoms with Gasteiger partial charge in [0.2, 0.25) is 0 Å². The highest BCUT2D eigenvalue weighted by atomic mass is 35.5. The molecule has 2 aromatic carbocycles. The quantitative estimate of drug-likeness (QED) is 0.790. The van der Waals surface area contributed by atoms with E-state index < -0.39 is 0 Å². The van der Waals surface area contributed by atoms with Crippen molar-refractivity contribution in [2.24, 2.45) is 0 Å². The molecule has 142 valence electrons. The first-order chi connectivity index (χ1) is 13.0. The summed E-state index contributed by atoms with van der Waals surface area (Å²) in [6.07, 6.45) is 3.28. The molecule has 0 saturated carbocycles. The second-order valence-corrected chi connectivity index (χ2v) is 7.24. The van der Waals surface area contributed by atoms with Crippen LogP contribution in [0.3, 0.4) is 0 Å². The number of hydrogen-bond acceptors (Lipinski definition) is 2. The van der Waals surface area contributed by atoms with Gasteiger partial charge in [0.25, 0.3) is 5.91 Å². The van der Waals surface area contributed by atoms with Gasteiger partial charge < -0.3 is 15.5 Å². The number of carbonyl (C=O) groups excluding carboxylic acids is 2. The van der Waals surface area contributed by atoms with E-state index in [4.69, 9.17) is 11.6 Å². The summed E-state index contributed by atoms with van der Waals surface area (Å²) in [5.41, 5.74) is 2.16. The zero-order valence-corrected chi connectivity index (χ0v) is 16.1. The van der Waals surface area contributed by atoms with Crippen LogP contribution in [-0.4, -0.2) is 29.9 Å². The number of anilines is 1. The van der Waals surface area contributed by atoms with Crippen LogP contribution in [0.4, 0.5) is 10.5 Å². The van der Waals surface area contributed by atoms with Crippen LogP contribution in [0, 0.1) is 0 Å². The molecule has 0 spiro atoms. The number of nitrogens with zero attached hydrogens (tertiary/aromatic N) is 1. The van der Waals surface area contributed by atoms with E-state index in [0.717, 1.165) is 31.5 Å². The molecular formula is C21H24ClN3O2. The Morgan fingerprint density at radius 1 is 1.04 bits per heavy atom. The van der Waals surface area contributed by atoms with Crippen molar-refractivity contribution in [2.75, 3.05) is 18.4 Å². The van der Waals surface area contributed by atoms with Crippen molar-refractivity contribution in [3.05, 3.63) is 64.7 Å². The van der Waals surface area contributed by atoms with Gasteiger partial charge in [0.15, 0.2) is 0 Å². The van der Waals surface area contributed by atoms with Crippen LogP contribution in [0.5, 0.6) is 0 Å². The third-order valence-corrected chi connectivity index (χ3v) is 4.98. The fourth-order valence-electron chi connectivity index (χ4n) is 3.21. The third-order valence-electron chi connectivity index (χ3n) is 4.73. The van der Waals surface area contributed by atoms with Gasteiger partial charge in [-0.05, 0) is 62.1 Å². The van der Waals surface area contributed by atoms with Crippen LogP contribution in [0.25, 0.3) is 0 Å². The third kappa shape index (κ3) is 5.23. The van der Waals surface area contributed by atoms with Crippen molar-refractivity contribution in [2.45, 2.75) is 32.2 Å². The summed E-state index contributed by atoms with van der Waals surface area (Å²) in [6, 6.07) is 13.9. The maximum atomic E-state index is 12.6. The van der Waals surface area contributed by atoms with Crippen LogP contribution in [0.2, 0.25) is 5.02 Å². The average molecular weight is 386 g/mol. The highest BCUT2D eigenvalue weighted by molar-refractivity contribution is 6.30. The Bertz CT molecular complexity index is 801. The Hall–Kier alpha value is -2.53. The maximum absolute atomic E-state index is 12.6. The Balaban J connectivity index is 1.60. The monoisotopic (exact) mass is 385 g/mol. The van der Waals surface area contributed by atoms with Crippen molar-refractivity contribution < 1.29 is 9.59 Å². The molecule has 6 heteroatoms. The summed E-state index contributed by atoms with van der Waals surface area (Å²) in [7, 11) is 0. The standard InChI is InChI=1S/C21H24ClN3O2/c1-15(16-8-10-18(22)11-9-16)23-21(27)24-19-7-5-6-17(14-19)20(26)25-12-3-2-4-13-25/h5-11,14-15H,2-4,12-13H2,1H3,(H2,23,24,27). The van der Waals surface area contributed by atoms with Gasteiger partial charge in [-0.25, -0.2) is 4.79 Å². The first-order valence-electron chi connectivity index (χ1n) is 9.25. The summed E-state index contributed by atoms with van der Waals surface area (Å²) in [6.45, 7) is 3.50. The molecule has 1 saturated heterocycles. The lowest BCUT2D eigenvalue weighted by atomic mass is 10.1. The number of likely N-dealkylation sites (tertiary alicyclic amines) is 1. The number of carbonyl (C=O) groups is 2. The van der Waals surface area contributed by atoms with Gasteiger partial charge in [-0.3, -0.25) is 4.79 Å². The first kappa shape index (κ1) is 19.2. The number of rotatable bonds is 4. The Morgan fingerprint density at radius 3 is 2.44 bits per heavy atom. The molecule has 0 aliphatic carbocycles. The zero-order chi connectivity index (χ0) is 19.2. The summed E-state index contributed by atoms with van der Waals surface area (Å²) in [5, 5.41) is 6.35. The lowest BCUT2D eigenvalue weighted by Crippen LogP contribution is -2.35. The summed E-state index contributed by atoms with van der Waals surface area (Å²) < 4.78 is 0. The molecular weight excluding hydrogens is 362 g/mol. The number of nitrogens with one attached hydrogen (secondary N) is 2. The molecule has 1 unspecified atom stereocenters. The Labute approximate surface area is 164 Å². The minimum atomic E-state index is -0.319. The molecule has 27 heavy (non-hydrogen) atoms. The van der Waals surface area contributed by atoms with Crippen molar-refractivity contribution in [1.29, 1.82) is 0 Å². The van der Waals surface area contributed by atoms with Crippen LogP contribution in [0.15, 0.2) is 48.5 Å². The Morgan fingerprint density at radius 2 is 1.74 bits per heavy atom. The fourth-order valence-corrected chi connectivity index (χ4v) is 3.33. The molecule has 1 atom stereocenters. The normalized spacial score (nSPS) is 15.1. The lowest BCUT2D eigenvalue weighted by Gasteiger charge is -2.26. The number of hydrogen-bond donors (Lipinski definition) is 2. The molecule has 5 nitrogen and oxygen atoms in total. The van der Waals surface area contributed by atoms with Crippen molar-refractivity contribution in [1.82, 2.24) is 10.2 Å². The Kier molecular flexibility index (Phi) is 6.35. The minimum Gasteiger partial charge on any atom is -0.339 e. The van der Waals surface area contributed by atoms with E-state index in [-0.39, 0.29) is 18.0 Å². The summed E-state index contributed by atoms with van der Waals surface area (Å²) in [4.78, 5) is 26.8. The van der Waals surface area contributed by atoms with Gasteiger partial charge in [0.1, 0.15) is 0 Å². The molecule has 1 aliphatic rings. The predicted octanol–water partition coefficient (Wildman–Crippen LogP) is 4.85. The van der Waals surface area contributed by atoms with Crippen LogP contribution in [0.1, 0.15) is 48.1 Å². The molecule has 2 aromatic rings. The van der Waals surface area contributed by atoms with Crippen LogP contribution in [-0.2, 0) is 0 Å². The highest BCUT2D eigenvalue weighted by Crippen LogP contribution is 2.18. The number of halogens is 1. The number of piperidine rings is 1. The van der Waals surface area contributed by atoms with E-state index in [0.29, 0.717) is 16.3 Å². The maximum Gasteiger partial charge on any atom is 0.319 e. The summed E-state index contributed by atoms with van der Waals surface area (Å²) >= 11 is 5.90. The molecule has 1 fully saturated rings. The fraction of sp³-hybridized carbons (Fsp3) is 0.333. The van der Waals surface area contributed by atoms with E-state index in [2.05, 4.69) is 10.6 Å².